The zero-order chi connectivity index (χ0) is 23.1. The molecule has 0 N–H and O–H groups in total. The van der Waals surface area contributed by atoms with Crippen molar-refractivity contribution < 1.29 is 23.9 Å². The van der Waals surface area contributed by atoms with Crippen molar-refractivity contribution in [1.82, 2.24) is 0 Å². The van der Waals surface area contributed by atoms with Crippen LogP contribution in [-0.4, -0.2) is 32.7 Å². The van der Waals surface area contributed by atoms with Crippen molar-refractivity contribution >= 4 is 26.1 Å². The fourth-order valence-corrected chi connectivity index (χ4v) is 4.75. The van der Waals surface area contributed by atoms with Gasteiger partial charge >= 0.3 is 5.97 Å². The van der Waals surface area contributed by atoms with Crippen molar-refractivity contribution in [3.05, 3.63) is 65.7 Å². The molecule has 0 saturated heterocycles. The molecule has 0 spiro atoms. The molecule has 32 heavy (non-hydrogen) atoms. The summed E-state index contributed by atoms with van der Waals surface area (Å²) in [6.07, 6.45) is 1.85. The van der Waals surface area contributed by atoms with E-state index < -0.39 is 31.8 Å². The Labute approximate surface area is 191 Å². The van der Waals surface area contributed by atoms with Gasteiger partial charge in [0.05, 0.1) is 12.5 Å². The van der Waals surface area contributed by atoms with Crippen molar-refractivity contribution in [1.29, 1.82) is 0 Å². The molecule has 3 rings (SSSR count). The molecule has 1 aliphatic rings. The molecule has 0 bridgehead atoms. The SMILES string of the molecule is C[Si](C)(C)CCOC(=O)[C@@H]1[C@@H](C=O)CC[C@H]1C(=O)c1ccc(OCc2ccccc2)cc1. The number of ether oxygens (including phenoxy) is 2. The Morgan fingerprint density at radius 1 is 1.00 bits per heavy atom. The van der Waals surface area contributed by atoms with Crippen LogP contribution in [0.15, 0.2) is 54.6 Å². The lowest BCUT2D eigenvalue weighted by molar-refractivity contribution is -0.151. The summed E-state index contributed by atoms with van der Waals surface area (Å²) in [6, 6.07) is 17.7. The third kappa shape index (κ3) is 6.39. The maximum absolute atomic E-state index is 13.2. The molecule has 1 fully saturated rings. The van der Waals surface area contributed by atoms with Gasteiger partial charge in [-0.15, -0.1) is 0 Å². The number of benzene rings is 2. The van der Waals surface area contributed by atoms with Crippen LogP contribution in [0.1, 0.15) is 28.8 Å². The quantitative estimate of drug-likeness (QED) is 0.215. The number of carbonyl (C=O) groups excluding carboxylic acids is 3. The molecular formula is C26H32O5Si. The molecule has 6 heteroatoms. The first-order valence-electron chi connectivity index (χ1n) is 11.2. The monoisotopic (exact) mass is 452 g/mol. The third-order valence-electron chi connectivity index (χ3n) is 5.97. The summed E-state index contributed by atoms with van der Waals surface area (Å²) in [4.78, 5) is 37.5. The smallest absolute Gasteiger partial charge is 0.310 e. The molecule has 170 valence electrons. The van der Waals surface area contributed by atoms with Gasteiger partial charge in [-0.2, -0.15) is 0 Å². The predicted molar refractivity (Wildman–Crippen MR) is 126 cm³/mol. The average Bonchev–Trinajstić information content (AvgIpc) is 3.21. The van der Waals surface area contributed by atoms with Crippen molar-refractivity contribution in [2.75, 3.05) is 6.61 Å². The van der Waals surface area contributed by atoms with Crippen LogP contribution < -0.4 is 4.74 Å². The Hall–Kier alpha value is -2.73. The number of rotatable bonds is 10. The summed E-state index contributed by atoms with van der Waals surface area (Å²) in [5.41, 5.74) is 1.59. The van der Waals surface area contributed by atoms with E-state index in [-0.39, 0.29) is 5.78 Å². The molecule has 0 unspecified atom stereocenters. The fraction of sp³-hybridized carbons (Fsp3) is 0.423. The van der Waals surface area contributed by atoms with E-state index in [0.717, 1.165) is 17.9 Å². The Bertz CT molecular complexity index is 917. The summed E-state index contributed by atoms with van der Waals surface area (Å²) in [5, 5.41) is 0. The van der Waals surface area contributed by atoms with E-state index in [1.165, 1.54) is 0 Å². The van der Waals surface area contributed by atoms with Crippen LogP contribution in [0.2, 0.25) is 25.7 Å². The van der Waals surface area contributed by atoms with Gasteiger partial charge in [-0.3, -0.25) is 9.59 Å². The molecule has 0 aromatic heterocycles. The number of esters is 1. The number of Topliss-reactive ketones (excluding diaryl/α,β-unsaturated/α-hetero) is 1. The van der Waals surface area contributed by atoms with Crippen LogP contribution in [0.3, 0.4) is 0 Å². The van der Waals surface area contributed by atoms with E-state index in [1.807, 2.05) is 30.3 Å². The van der Waals surface area contributed by atoms with Gasteiger partial charge in [-0.1, -0.05) is 50.0 Å². The Morgan fingerprint density at radius 2 is 1.69 bits per heavy atom. The molecule has 5 nitrogen and oxygen atoms in total. The lowest BCUT2D eigenvalue weighted by atomic mass is 9.85. The number of carbonyl (C=O) groups is 3. The third-order valence-corrected chi connectivity index (χ3v) is 7.68. The lowest BCUT2D eigenvalue weighted by Crippen LogP contribution is -2.33. The number of aldehydes is 1. The van der Waals surface area contributed by atoms with Crippen LogP contribution in [0.5, 0.6) is 5.75 Å². The van der Waals surface area contributed by atoms with Crippen LogP contribution in [-0.2, 0) is 20.9 Å². The van der Waals surface area contributed by atoms with Gasteiger partial charge in [0.15, 0.2) is 5.78 Å². The highest BCUT2D eigenvalue weighted by Crippen LogP contribution is 2.39. The molecule has 0 radical (unpaired) electrons. The molecule has 0 amide bonds. The first-order chi connectivity index (χ1) is 15.3. The first kappa shape index (κ1) is 23.9. The average molecular weight is 453 g/mol. The van der Waals surface area contributed by atoms with Gasteiger partial charge < -0.3 is 14.3 Å². The molecular weight excluding hydrogens is 420 g/mol. The molecule has 1 aliphatic carbocycles. The summed E-state index contributed by atoms with van der Waals surface area (Å²) in [5.74, 6) is -1.55. The lowest BCUT2D eigenvalue weighted by Gasteiger charge is -2.21. The summed E-state index contributed by atoms with van der Waals surface area (Å²) < 4.78 is 11.3. The van der Waals surface area contributed by atoms with Crippen LogP contribution >= 0.6 is 0 Å². The molecule has 0 aliphatic heterocycles. The van der Waals surface area contributed by atoms with Crippen molar-refractivity contribution in [3.63, 3.8) is 0 Å². The standard InChI is InChI=1S/C26H32O5Si/c1-32(2,3)16-15-30-26(29)24-21(17-27)11-14-23(24)25(28)20-9-12-22(13-10-20)31-18-19-7-5-4-6-8-19/h4-10,12-13,17,21,23-24H,11,14-16,18H2,1-3H3/t21-,23-,24-/m1/s1. The maximum atomic E-state index is 13.2. The fourth-order valence-electron chi connectivity index (χ4n) is 4.04. The molecule has 3 atom stereocenters. The maximum Gasteiger partial charge on any atom is 0.310 e. The van der Waals surface area contributed by atoms with Crippen molar-refractivity contribution in [3.8, 4) is 5.75 Å². The highest BCUT2D eigenvalue weighted by molar-refractivity contribution is 6.76. The molecule has 2 aromatic carbocycles. The number of hydrogen-bond donors (Lipinski definition) is 0. The Kier molecular flexibility index (Phi) is 8.02. The van der Waals surface area contributed by atoms with Gasteiger partial charge in [0.1, 0.15) is 18.6 Å². The second-order valence-corrected chi connectivity index (χ2v) is 15.3. The first-order valence-corrected chi connectivity index (χ1v) is 14.9. The van der Waals surface area contributed by atoms with Gasteiger partial charge in [-0.05, 0) is 48.7 Å². The number of hydrogen-bond acceptors (Lipinski definition) is 5. The van der Waals surface area contributed by atoms with E-state index in [4.69, 9.17) is 9.47 Å². The van der Waals surface area contributed by atoms with Gasteiger partial charge in [-0.25, -0.2) is 0 Å². The highest BCUT2D eigenvalue weighted by Gasteiger charge is 2.45. The van der Waals surface area contributed by atoms with E-state index in [0.29, 0.717) is 37.4 Å². The molecule has 0 heterocycles. The van der Waals surface area contributed by atoms with Crippen molar-refractivity contribution in [2.45, 2.75) is 45.1 Å². The molecule has 2 aromatic rings. The summed E-state index contributed by atoms with van der Waals surface area (Å²) >= 11 is 0. The van der Waals surface area contributed by atoms with E-state index >= 15 is 0 Å². The number of ketones is 1. The minimum absolute atomic E-state index is 0.115. The largest absolute Gasteiger partial charge is 0.489 e. The Morgan fingerprint density at radius 3 is 2.31 bits per heavy atom. The van der Waals surface area contributed by atoms with Gasteiger partial charge in [0, 0.05) is 25.5 Å². The van der Waals surface area contributed by atoms with Crippen LogP contribution in [0.4, 0.5) is 0 Å². The van der Waals surface area contributed by atoms with Crippen molar-refractivity contribution in [2.24, 2.45) is 17.8 Å². The van der Waals surface area contributed by atoms with E-state index in [2.05, 4.69) is 19.6 Å². The predicted octanol–water partition coefficient (Wildman–Crippen LogP) is 5.17. The zero-order valence-electron chi connectivity index (χ0n) is 19.1. The minimum atomic E-state index is -1.34. The second-order valence-electron chi connectivity index (χ2n) is 9.65. The van der Waals surface area contributed by atoms with Crippen LogP contribution in [0.25, 0.3) is 0 Å². The topological polar surface area (TPSA) is 69.7 Å². The molecule has 1 saturated carbocycles. The van der Waals surface area contributed by atoms with E-state index in [9.17, 15) is 14.4 Å². The van der Waals surface area contributed by atoms with Gasteiger partial charge in [0.2, 0.25) is 0 Å². The summed E-state index contributed by atoms with van der Waals surface area (Å²) in [7, 11) is -1.34. The zero-order valence-corrected chi connectivity index (χ0v) is 20.1. The summed E-state index contributed by atoms with van der Waals surface area (Å²) in [6.45, 7) is 7.44. The highest BCUT2D eigenvalue weighted by atomic mass is 28.3. The second kappa shape index (κ2) is 10.7. The minimum Gasteiger partial charge on any atom is -0.489 e. The normalized spacial score (nSPS) is 20.5. The van der Waals surface area contributed by atoms with Gasteiger partial charge in [0.25, 0.3) is 0 Å². The van der Waals surface area contributed by atoms with E-state index in [1.54, 1.807) is 24.3 Å². The Balaban J connectivity index is 1.63. The van der Waals surface area contributed by atoms with Crippen LogP contribution in [0, 0.1) is 17.8 Å².